The van der Waals surface area contributed by atoms with Crippen molar-refractivity contribution in [3.05, 3.63) is 42.0 Å². The van der Waals surface area contributed by atoms with Gasteiger partial charge in [-0.15, -0.1) is 0 Å². The van der Waals surface area contributed by atoms with E-state index in [4.69, 9.17) is 0 Å². The van der Waals surface area contributed by atoms with E-state index in [0.29, 0.717) is 6.54 Å². The Balaban J connectivity index is 2.02. The Kier molecular flexibility index (Phi) is 14.6. The molecule has 0 radical (unpaired) electrons. The summed E-state index contributed by atoms with van der Waals surface area (Å²) in [6, 6.07) is 3.57. The molecule has 0 amide bonds. The van der Waals surface area contributed by atoms with Crippen molar-refractivity contribution in [2.75, 3.05) is 6.54 Å². The van der Waals surface area contributed by atoms with E-state index in [1.54, 1.807) is 0 Å². The number of unbranched alkanes of at least 4 members (excludes halogenated alkanes) is 12. The van der Waals surface area contributed by atoms with Gasteiger partial charge in [-0.2, -0.15) is 13.2 Å². The third-order valence-electron chi connectivity index (χ3n) is 5.47. The second-order valence-electron chi connectivity index (χ2n) is 8.36. The van der Waals surface area contributed by atoms with Gasteiger partial charge in [0.15, 0.2) is 0 Å². The van der Waals surface area contributed by atoms with Crippen molar-refractivity contribution in [3.63, 3.8) is 0 Å². The minimum atomic E-state index is -4.47. The van der Waals surface area contributed by atoms with Crippen LogP contribution in [-0.2, 0) is 16.2 Å². The zero-order valence-electron chi connectivity index (χ0n) is 19.4. The Morgan fingerprint density at radius 2 is 1.22 bits per heavy atom. The highest BCUT2D eigenvalue weighted by atomic mass is 32.2. The molecule has 0 aliphatic heterocycles. The van der Waals surface area contributed by atoms with Crippen molar-refractivity contribution in [3.8, 4) is 0 Å². The van der Waals surface area contributed by atoms with E-state index in [-0.39, 0.29) is 4.90 Å². The number of hydrogen-bond donors (Lipinski definition) is 1. The summed E-state index contributed by atoms with van der Waals surface area (Å²) in [4.78, 5) is -0.143. The number of allylic oxidation sites excluding steroid dienone is 2. The summed E-state index contributed by atoms with van der Waals surface area (Å²) in [6.45, 7) is 2.53. The molecule has 0 spiro atoms. The van der Waals surface area contributed by atoms with Crippen LogP contribution in [0.3, 0.4) is 0 Å². The van der Waals surface area contributed by atoms with Gasteiger partial charge in [-0.25, -0.2) is 13.1 Å². The molecule has 0 saturated heterocycles. The lowest BCUT2D eigenvalue weighted by atomic mass is 10.1. The van der Waals surface area contributed by atoms with Crippen LogP contribution < -0.4 is 4.72 Å². The summed E-state index contributed by atoms with van der Waals surface area (Å²) in [5.41, 5.74) is -0.857. The van der Waals surface area contributed by atoms with Crippen LogP contribution in [0.2, 0.25) is 0 Å². The van der Waals surface area contributed by atoms with Crippen molar-refractivity contribution in [2.24, 2.45) is 0 Å². The van der Waals surface area contributed by atoms with Gasteiger partial charge in [0.1, 0.15) is 0 Å². The maximum Gasteiger partial charge on any atom is 0.416 e. The Bertz CT molecular complexity index is 729. The summed E-state index contributed by atoms with van der Waals surface area (Å²) in [5, 5.41) is 0. The fourth-order valence-electron chi connectivity index (χ4n) is 3.49. The van der Waals surface area contributed by atoms with Crippen LogP contribution >= 0.6 is 0 Å². The van der Waals surface area contributed by atoms with Crippen molar-refractivity contribution in [1.29, 1.82) is 0 Å². The first-order chi connectivity index (χ1) is 15.3. The minimum Gasteiger partial charge on any atom is -0.211 e. The average Bonchev–Trinajstić information content (AvgIpc) is 2.75. The van der Waals surface area contributed by atoms with Gasteiger partial charge in [0, 0.05) is 6.54 Å². The van der Waals surface area contributed by atoms with E-state index in [1.807, 2.05) is 0 Å². The fraction of sp³-hybridized carbons (Fsp3) is 0.680. The summed E-state index contributed by atoms with van der Waals surface area (Å²) < 4.78 is 64.5. The quantitative estimate of drug-likeness (QED) is 0.173. The van der Waals surface area contributed by atoms with Gasteiger partial charge in [0.05, 0.1) is 10.5 Å². The summed E-state index contributed by atoms with van der Waals surface area (Å²) in [7, 11) is -3.77. The molecule has 0 saturated carbocycles. The number of nitrogens with one attached hydrogen (secondary N) is 1. The van der Waals surface area contributed by atoms with Crippen LogP contribution in [0.4, 0.5) is 13.2 Å². The molecule has 0 bridgehead atoms. The normalized spacial score (nSPS) is 12.6. The molecule has 0 fully saturated rings. The first kappa shape index (κ1) is 28.7. The number of benzene rings is 1. The first-order valence-corrected chi connectivity index (χ1v) is 13.6. The molecule has 0 heterocycles. The Hall–Kier alpha value is -1.34. The average molecular weight is 476 g/mol. The largest absolute Gasteiger partial charge is 0.416 e. The Morgan fingerprint density at radius 3 is 1.72 bits per heavy atom. The van der Waals surface area contributed by atoms with E-state index in [9.17, 15) is 21.6 Å². The van der Waals surface area contributed by atoms with Crippen molar-refractivity contribution < 1.29 is 21.6 Å². The molecule has 0 aliphatic carbocycles. The molecule has 1 aromatic rings. The molecule has 32 heavy (non-hydrogen) atoms. The summed E-state index contributed by atoms with van der Waals surface area (Å²) in [6.07, 6.45) is 16.7. The van der Waals surface area contributed by atoms with Crippen LogP contribution in [0.15, 0.2) is 41.3 Å². The molecule has 1 N–H and O–H groups in total. The number of sulfonamides is 1. The topological polar surface area (TPSA) is 46.2 Å². The van der Waals surface area contributed by atoms with Gasteiger partial charge < -0.3 is 0 Å². The number of halogens is 3. The Morgan fingerprint density at radius 1 is 0.750 bits per heavy atom. The van der Waals surface area contributed by atoms with Crippen molar-refractivity contribution >= 4 is 10.0 Å². The van der Waals surface area contributed by atoms with Gasteiger partial charge in [-0.1, -0.05) is 76.9 Å². The smallest absolute Gasteiger partial charge is 0.211 e. The molecule has 0 atom stereocenters. The fourth-order valence-corrected chi connectivity index (χ4v) is 4.56. The van der Waals surface area contributed by atoms with Crippen molar-refractivity contribution in [2.45, 2.75) is 108 Å². The predicted octanol–water partition coefficient (Wildman–Crippen LogP) is 8.02. The molecule has 3 nitrogen and oxygen atoms in total. The van der Waals surface area contributed by atoms with E-state index in [2.05, 4.69) is 23.8 Å². The van der Waals surface area contributed by atoms with E-state index >= 15 is 0 Å². The van der Waals surface area contributed by atoms with Crippen molar-refractivity contribution in [1.82, 2.24) is 4.72 Å². The number of alkyl halides is 3. The second-order valence-corrected chi connectivity index (χ2v) is 10.1. The Labute approximate surface area is 192 Å². The molecule has 7 heteroatoms. The molecular formula is C25H40F3NO2S. The zero-order valence-corrected chi connectivity index (χ0v) is 20.2. The molecule has 0 aromatic heterocycles. The lowest BCUT2D eigenvalue weighted by molar-refractivity contribution is -0.137. The second kappa shape index (κ2) is 16.3. The van der Waals surface area contributed by atoms with E-state index in [1.165, 1.54) is 57.8 Å². The molecule has 1 aromatic carbocycles. The van der Waals surface area contributed by atoms with Gasteiger partial charge >= 0.3 is 6.18 Å². The molecule has 184 valence electrons. The molecule has 0 aliphatic rings. The predicted molar refractivity (Wildman–Crippen MR) is 126 cm³/mol. The van der Waals surface area contributed by atoms with Crippen LogP contribution in [0, 0.1) is 0 Å². The lowest BCUT2D eigenvalue weighted by Crippen LogP contribution is -2.24. The van der Waals surface area contributed by atoms with Gasteiger partial charge in [0.2, 0.25) is 10.0 Å². The van der Waals surface area contributed by atoms with E-state index in [0.717, 1.165) is 56.4 Å². The zero-order chi connectivity index (χ0) is 23.7. The maximum atomic E-state index is 12.6. The SMILES string of the molecule is CCCCCCCC/C=C\CCCCCCCCNS(=O)(=O)c1ccc(C(F)(F)F)cc1. The minimum absolute atomic E-state index is 0.143. The standard InChI is InChI=1S/C25H40F3NO2S/c1-2-3-4-5-6-7-8-9-10-11-12-13-14-15-16-17-22-29-32(30,31)24-20-18-23(19-21-24)25(26,27)28/h9-10,18-21,29H,2-8,11-17,22H2,1H3/b10-9-. The van der Waals surface area contributed by atoms with Crippen LogP contribution in [-0.4, -0.2) is 15.0 Å². The van der Waals surface area contributed by atoms with Crippen LogP contribution in [0.5, 0.6) is 0 Å². The molecule has 1 rings (SSSR count). The van der Waals surface area contributed by atoms with Crippen LogP contribution in [0.1, 0.15) is 102 Å². The highest BCUT2D eigenvalue weighted by molar-refractivity contribution is 7.89. The number of hydrogen-bond acceptors (Lipinski definition) is 2. The first-order valence-electron chi connectivity index (χ1n) is 12.1. The van der Waals surface area contributed by atoms with Gasteiger partial charge in [0.25, 0.3) is 0 Å². The summed E-state index contributed by atoms with van der Waals surface area (Å²) in [5.74, 6) is 0. The lowest BCUT2D eigenvalue weighted by Gasteiger charge is -2.09. The third-order valence-corrected chi connectivity index (χ3v) is 6.95. The van der Waals surface area contributed by atoms with Crippen LogP contribution in [0.25, 0.3) is 0 Å². The number of rotatable bonds is 18. The summed E-state index contributed by atoms with van der Waals surface area (Å²) >= 11 is 0. The van der Waals surface area contributed by atoms with Gasteiger partial charge in [-0.3, -0.25) is 0 Å². The highest BCUT2D eigenvalue weighted by Crippen LogP contribution is 2.29. The maximum absolute atomic E-state index is 12.6. The molecular weight excluding hydrogens is 435 g/mol. The van der Waals surface area contributed by atoms with Gasteiger partial charge in [-0.05, 0) is 56.4 Å². The molecule has 0 unspecified atom stereocenters. The van der Waals surface area contributed by atoms with E-state index < -0.39 is 21.8 Å². The third kappa shape index (κ3) is 13.3. The highest BCUT2D eigenvalue weighted by Gasteiger charge is 2.30. The monoisotopic (exact) mass is 475 g/mol.